The van der Waals surface area contributed by atoms with Gasteiger partial charge in [-0.2, -0.15) is 0 Å². The van der Waals surface area contributed by atoms with Crippen LogP contribution in [0.25, 0.3) is 0 Å². The molecule has 1 aromatic carbocycles. The highest BCUT2D eigenvalue weighted by Gasteiger charge is 2.14. The number of hydrogen-bond acceptors (Lipinski definition) is 3. The first-order chi connectivity index (χ1) is 8.56. The van der Waals surface area contributed by atoms with Crippen LogP contribution in [0.2, 0.25) is 0 Å². The van der Waals surface area contributed by atoms with Crippen LogP contribution in [0, 0.1) is 11.6 Å². The lowest BCUT2D eigenvalue weighted by Crippen LogP contribution is -2.17. The van der Waals surface area contributed by atoms with Crippen molar-refractivity contribution in [2.75, 3.05) is 24.3 Å². The summed E-state index contributed by atoms with van der Waals surface area (Å²) in [6, 6.07) is 2.10. The number of rotatable bonds is 6. The molecule has 0 aliphatic rings. The van der Waals surface area contributed by atoms with Crippen LogP contribution in [0.3, 0.4) is 0 Å². The maximum absolute atomic E-state index is 13.4. The van der Waals surface area contributed by atoms with E-state index in [9.17, 15) is 13.6 Å². The number of carbonyl (C=O) groups excluding carboxylic acids is 1. The van der Waals surface area contributed by atoms with Gasteiger partial charge in [0.1, 0.15) is 5.69 Å². The second-order valence-corrected chi connectivity index (χ2v) is 3.74. The Morgan fingerprint density at radius 3 is 2.78 bits per heavy atom. The number of amides is 1. The quantitative estimate of drug-likeness (QED) is 0.608. The fourth-order valence-electron chi connectivity index (χ4n) is 1.31. The Morgan fingerprint density at radius 1 is 1.39 bits per heavy atom. The largest absolute Gasteiger partial charge is 0.397 e. The summed E-state index contributed by atoms with van der Waals surface area (Å²) in [5.41, 5.74) is 5.12. The maximum Gasteiger partial charge on any atom is 0.226 e. The van der Waals surface area contributed by atoms with E-state index in [4.69, 9.17) is 10.5 Å². The Bertz CT molecular complexity index is 425. The van der Waals surface area contributed by atoms with E-state index in [-0.39, 0.29) is 24.4 Å². The summed E-state index contributed by atoms with van der Waals surface area (Å²) < 4.78 is 31.4. The summed E-state index contributed by atoms with van der Waals surface area (Å²) >= 11 is 0. The zero-order valence-electron chi connectivity index (χ0n) is 10.1. The lowest BCUT2D eigenvalue weighted by molar-refractivity contribution is -0.117. The van der Waals surface area contributed by atoms with Gasteiger partial charge in [-0.25, -0.2) is 8.78 Å². The van der Waals surface area contributed by atoms with Crippen LogP contribution in [0.15, 0.2) is 12.1 Å². The summed E-state index contributed by atoms with van der Waals surface area (Å²) in [5, 5.41) is 2.24. The van der Waals surface area contributed by atoms with Crippen LogP contribution in [-0.2, 0) is 9.53 Å². The van der Waals surface area contributed by atoms with Crippen LogP contribution in [-0.4, -0.2) is 19.1 Å². The van der Waals surface area contributed by atoms with Crippen LogP contribution in [0.1, 0.15) is 19.8 Å². The SMILES string of the molecule is CCCOCCC(=O)Nc1c(N)ccc(F)c1F. The Balaban J connectivity index is 2.57. The minimum absolute atomic E-state index is 0.0169. The van der Waals surface area contributed by atoms with Gasteiger partial charge in [0.05, 0.1) is 18.7 Å². The van der Waals surface area contributed by atoms with E-state index in [0.717, 1.165) is 12.5 Å². The molecule has 1 rings (SSSR count). The molecule has 0 atom stereocenters. The van der Waals surface area contributed by atoms with E-state index >= 15 is 0 Å². The van der Waals surface area contributed by atoms with Crippen LogP contribution in [0.4, 0.5) is 20.2 Å². The molecule has 4 nitrogen and oxygen atoms in total. The predicted octanol–water partition coefficient (Wildman–Crippen LogP) is 2.30. The number of halogens is 2. The van der Waals surface area contributed by atoms with E-state index in [2.05, 4.69) is 5.32 Å². The molecule has 1 amide bonds. The van der Waals surface area contributed by atoms with Gasteiger partial charge in [-0.05, 0) is 18.6 Å². The molecule has 18 heavy (non-hydrogen) atoms. The lowest BCUT2D eigenvalue weighted by atomic mass is 10.2. The van der Waals surface area contributed by atoms with Crippen molar-refractivity contribution in [2.45, 2.75) is 19.8 Å². The van der Waals surface area contributed by atoms with Crippen molar-refractivity contribution >= 4 is 17.3 Å². The predicted molar refractivity (Wildman–Crippen MR) is 65.1 cm³/mol. The molecule has 0 aromatic heterocycles. The number of benzene rings is 1. The molecule has 0 saturated heterocycles. The van der Waals surface area contributed by atoms with Gasteiger partial charge < -0.3 is 15.8 Å². The summed E-state index contributed by atoms with van der Waals surface area (Å²) in [7, 11) is 0. The highest BCUT2D eigenvalue weighted by Crippen LogP contribution is 2.24. The Kier molecular flexibility index (Phi) is 5.51. The Morgan fingerprint density at radius 2 is 2.11 bits per heavy atom. The summed E-state index contributed by atoms with van der Waals surface area (Å²) in [6.45, 7) is 2.74. The van der Waals surface area contributed by atoms with Crippen molar-refractivity contribution in [3.63, 3.8) is 0 Å². The minimum atomic E-state index is -1.15. The van der Waals surface area contributed by atoms with E-state index in [1.54, 1.807) is 0 Å². The van der Waals surface area contributed by atoms with Gasteiger partial charge in [-0.1, -0.05) is 6.92 Å². The number of carbonyl (C=O) groups is 1. The Labute approximate surface area is 104 Å². The molecule has 6 heteroatoms. The fourth-order valence-corrected chi connectivity index (χ4v) is 1.31. The van der Waals surface area contributed by atoms with Gasteiger partial charge in [0, 0.05) is 6.61 Å². The summed E-state index contributed by atoms with van der Waals surface area (Å²) in [6.07, 6.45) is 0.919. The highest BCUT2D eigenvalue weighted by atomic mass is 19.2. The molecule has 0 spiro atoms. The number of nitrogen functional groups attached to an aromatic ring is 1. The normalized spacial score (nSPS) is 10.4. The van der Waals surface area contributed by atoms with Crippen molar-refractivity contribution in [1.82, 2.24) is 0 Å². The molecular formula is C12H16F2N2O2. The average molecular weight is 258 g/mol. The number of hydrogen-bond donors (Lipinski definition) is 2. The van der Waals surface area contributed by atoms with Gasteiger partial charge in [0.15, 0.2) is 11.6 Å². The smallest absolute Gasteiger partial charge is 0.226 e. The Hall–Kier alpha value is -1.69. The molecule has 0 fully saturated rings. The third-order valence-corrected chi connectivity index (χ3v) is 2.21. The fraction of sp³-hybridized carbons (Fsp3) is 0.417. The second kappa shape index (κ2) is 6.90. The number of ether oxygens (including phenoxy) is 1. The van der Waals surface area contributed by atoms with E-state index in [0.29, 0.717) is 6.61 Å². The zero-order valence-corrected chi connectivity index (χ0v) is 10.1. The molecule has 3 N–H and O–H groups in total. The third kappa shape index (κ3) is 3.96. The number of nitrogens with one attached hydrogen (secondary N) is 1. The molecule has 0 radical (unpaired) electrons. The van der Waals surface area contributed by atoms with Crippen LogP contribution >= 0.6 is 0 Å². The highest BCUT2D eigenvalue weighted by molar-refractivity contribution is 5.94. The molecule has 0 saturated carbocycles. The second-order valence-electron chi connectivity index (χ2n) is 3.74. The first-order valence-corrected chi connectivity index (χ1v) is 5.67. The number of anilines is 2. The standard InChI is InChI=1S/C12H16F2N2O2/c1-2-6-18-7-5-10(17)16-12-9(15)4-3-8(13)11(12)14/h3-4H,2,5-7,15H2,1H3,(H,16,17). The maximum atomic E-state index is 13.4. The molecule has 0 unspecified atom stereocenters. The average Bonchev–Trinajstić information content (AvgIpc) is 2.35. The summed E-state index contributed by atoms with van der Waals surface area (Å²) in [4.78, 5) is 11.5. The zero-order chi connectivity index (χ0) is 13.5. The van der Waals surface area contributed by atoms with Crippen molar-refractivity contribution in [3.05, 3.63) is 23.8 Å². The first kappa shape index (κ1) is 14.4. The number of nitrogens with two attached hydrogens (primary N) is 1. The minimum Gasteiger partial charge on any atom is -0.397 e. The van der Waals surface area contributed by atoms with E-state index in [1.807, 2.05) is 6.92 Å². The van der Waals surface area contributed by atoms with Crippen molar-refractivity contribution in [2.24, 2.45) is 0 Å². The van der Waals surface area contributed by atoms with Crippen LogP contribution in [0.5, 0.6) is 0 Å². The van der Waals surface area contributed by atoms with Gasteiger partial charge in [0.2, 0.25) is 5.91 Å². The lowest BCUT2D eigenvalue weighted by Gasteiger charge is -2.09. The third-order valence-electron chi connectivity index (χ3n) is 2.21. The van der Waals surface area contributed by atoms with Crippen molar-refractivity contribution in [1.29, 1.82) is 0 Å². The molecular weight excluding hydrogens is 242 g/mol. The van der Waals surface area contributed by atoms with Crippen molar-refractivity contribution in [3.8, 4) is 0 Å². The monoisotopic (exact) mass is 258 g/mol. The van der Waals surface area contributed by atoms with Crippen molar-refractivity contribution < 1.29 is 18.3 Å². The molecule has 0 aliphatic heterocycles. The van der Waals surface area contributed by atoms with Crippen LogP contribution < -0.4 is 11.1 Å². The molecule has 0 aliphatic carbocycles. The van der Waals surface area contributed by atoms with Gasteiger partial charge in [-0.15, -0.1) is 0 Å². The van der Waals surface area contributed by atoms with E-state index < -0.39 is 17.5 Å². The topological polar surface area (TPSA) is 64.3 Å². The molecule has 0 heterocycles. The first-order valence-electron chi connectivity index (χ1n) is 5.67. The molecule has 0 bridgehead atoms. The summed E-state index contributed by atoms with van der Waals surface area (Å²) in [5.74, 6) is -2.68. The molecule has 1 aromatic rings. The molecule has 100 valence electrons. The van der Waals surface area contributed by atoms with Gasteiger partial charge >= 0.3 is 0 Å². The van der Waals surface area contributed by atoms with Gasteiger partial charge in [0.25, 0.3) is 0 Å². The van der Waals surface area contributed by atoms with Gasteiger partial charge in [-0.3, -0.25) is 4.79 Å². The van der Waals surface area contributed by atoms with E-state index in [1.165, 1.54) is 6.07 Å².